The Labute approximate surface area is 168 Å². The molecule has 2 bridgehead atoms. The van der Waals surface area contributed by atoms with Gasteiger partial charge in [-0.25, -0.2) is 0 Å². The third-order valence-electron chi connectivity index (χ3n) is 6.47. The van der Waals surface area contributed by atoms with Crippen molar-refractivity contribution in [1.82, 2.24) is 10.2 Å². The second-order valence-corrected chi connectivity index (χ2v) is 8.30. The molecule has 2 aromatic carbocycles. The van der Waals surface area contributed by atoms with E-state index in [1.165, 1.54) is 49.8 Å². The van der Waals surface area contributed by atoms with E-state index in [1.54, 1.807) is 0 Å². The zero-order valence-corrected chi connectivity index (χ0v) is 16.5. The van der Waals surface area contributed by atoms with Gasteiger partial charge in [0.1, 0.15) is 0 Å². The Morgan fingerprint density at radius 2 is 1.79 bits per heavy atom. The Kier molecular flexibility index (Phi) is 6.08. The molecule has 0 spiro atoms. The van der Waals surface area contributed by atoms with Gasteiger partial charge in [-0.2, -0.15) is 0 Å². The second kappa shape index (κ2) is 8.89. The highest BCUT2D eigenvalue weighted by Crippen LogP contribution is 2.43. The van der Waals surface area contributed by atoms with E-state index in [0.717, 1.165) is 13.1 Å². The Balaban J connectivity index is 1.26. The average molecular weight is 378 g/mol. The summed E-state index contributed by atoms with van der Waals surface area (Å²) in [6.45, 7) is 3.20. The first-order valence-corrected chi connectivity index (χ1v) is 10.6. The fourth-order valence-electron chi connectivity index (χ4n) is 5.07. The van der Waals surface area contributed by atoms with Crippen LogP contribution in [0.25, 0.3) is 0 Å². The van der Waals surface area contributed by atoms with Crippen LogP contribution in [-0.2, 0) is 6.54 Å². The van der Waals surface area contributed by atoms with E-state index >= 15 is 0 Å². The molecule has 2 aliphatic heterocycles. The molecule has 2 aliphatic rings. The van der Waals surface area contributed by atoms with Gasteiger partial charge in [0.15, 0.2) is 0 Å². The first-order valence-electron chi connectivity index (χ1n) is 10.6. The number of nitrogens with zero attached hydrogens (tertiary/aromatic N) is 1. The van der Waals surface area contributed by atoms with Crippen molar-refractivity contribution in [1.29, 1.82) is 0 Å². The summed E-state index contributed by atoms with van der Waals surface area (Å²) < 4.78 is 0. The highest BCUT2D eigenvalue weighted by molar-refractivity contribution is 5.92. The first-order chi connectivity index (χ1) is 13.7. The summed E-state index contributed by atoms with van der Waals surface area (Å²) in [4.78, 5) is 14.2. The minimum Gasteiger partial charge on any atom is -0.366 e. The van der Waals surface area contributed by atoms with Gasteiger partial charge >= 0.3 is 0 Å². The van der Waals surface area contributed by atoms with Crippen LogP contribution in [-0.4, -0.2) is 36.0 Å². The minimum absolute atomic E-state index is 0.328. The van der Waals surface area contributed by atoms with Crippen LogP contribution in [0.3, 0.4) is 0 Å². The molecule has 2 aromatic rings. The van der Waals surface area contributed by atoms with Crippen LogP contribution in [0.15, 0.2) is 54.6 Å². The number of nitrogens with one attached hydrogen (secondary N) is 1. The molecule has 0 saturated carbocycles. The Morgan fingerprint density at radius 1 is 1.04 bits per heavy atom. The van der Waals surface area contributed by atoms with Crippen LogP contribution >= 0.6 is 0 Å². The molecule has 2 saturated heterocycles. The van der Waals surface area contributed by atoms with E-state index in [9.17, 15) is 4.79 Å². The number of carbonyl (C=O) groups excluding carboxylic acids is 1. The molecule has 4 heteroatoms. The van der Waals surface area contributed by atoms with Crippen molar-refractivity contribution in [2.24, 2.45) is 5.73 Å². The number of piperidine rings is 1. The van der Waals surface area contributed by atoms with Crippen LogP contribution < -0.4 is 11.1 Å². The van der Waals surface area contributed by atoms with E-state index in [4.69, 9.17) is 5.73 Å². The van der Waals surface area contributed by atoms with Crippen LogP contribution in [0.4, 0.5) is 0 Å². The summed E-state index contributed by atoms with van der Waals surface area (Å²) in [5.41, 5.74) is 8.74. The predicted molar refractivity (Wildman–Crippen MR) is 113 cm³/mol. The monoisotopic (exact) mass is 377 g/mol. The number of carbonyl (C=O) groups is 1. The van der Waals surface area contributed by atoms with Crippen LogP contribution in [0.1, 0.15) is 59.5 Å². The maximum absolute atomic E-state index is 11.5. The second-order valence-electron chi connectivity index (χ2n) is 8.30. The zero-order valence-electron chi connectivity index (χ0n) is 16.5. The number of rotatable bonds is 8. The van der Waals surface area contributed by atoms with Crippen molar-refractivity contribution in [3.63, 3.8) is 0 Å². The van der Waals surface area contributed by atoms with Gasteiger partial charge in [-0.15, -0.1) is 0 Å². The molecule has 3 atom stereocenters. The molecule has 0 radical (unpaired) electrons. The topological polar surface area (TPSA) is 58.4 Å². The van der Waals surface area contributed by atoms with Gasteiger partial charge < -0.3 is 11.1 Å². The largest absolute Gasteiger partial charge is 0.366 e. The molecule has 2 heterocycles. The first kappa shape index (κ1) is 19.2. The molecule has 148 valence electrons. The Bertz CT molecular complexity index is 777. The number of hydrogen-bond donors (Lipinski definition) is 2. The normalized spacial score (nSPS) is 24.4. The van der Waals surface area contributed by atoms with Crippen molar-refractivity contribution in [3.05, 3.63) is 71.3 Å². The number of nitrogens with two attached hydrogens (primary N) is 1. The molecule has 1 amide bonds. The van der Waals surface area contributed by atoms with Gasteiger partial charge in [-0.05, 0) is 74.4 Å². The van der Waals surface area contributed by atoms with E-state index in [-0.39, 0.29) is 5.91 Å². The molecule has 0 aromatic heterocycles. The quantitative estimate of drug-likeness (QED) is 0.690. The van der Waals surface area contributed by atoms with Gasteiger partial charge in [0, 0.05) is 24.2 Å². The third-order valence-corrected chi connectivity index (χ3v) is 6.47. The van der Waals surface area contributed by atoms with Gasteiger partial charge in [0.25, 0.3) is 0 Å². The average Bonchev–Trinajstić information content (AvgIpc) is 2.95. The van der Waals surface area contributed by atoms with Gasteiger partial charge in [-0.3, -0.25) is 9.69 Å². The number of fused-ring (bicyclic) bond motifs is 2. The van der Waals surface area contributed by atoms with Crippen molar-refractivity contribution < 1.29 is 4.79 Å². The number of primary amides is 1. The number of amides is 1. The van der Waals surface area contributed by atoms with Crippen molar-refractivity contribution in [2.45, 2.75) is 56.7 Å². The zero-order chi connectivity index (χ0) is 19.3. The highest BCUT2D eigenvalue weighted by Gasteiger charge is 2.40. The van der Waals surface area contributed by atoms with Crippen LogP contribution in [0.2, 0.25) is 0 Å². The van der Waals surface area contributed by atoms with Gasteiger partial charge in [-0.1, -0.05) is 42.5 Å². The summed E-state index contributed by atoms with van der Waals surface area (Å²) in [5, 5.41) is 3.57. The fourth-order valence-corrected chi connectivity index (χ4v) is 5.07. The molecule has 0 aliphatic carbocycles. The SMILES string of the molecule is NC(=O)c1cccc(C2C[C@H]3CC[C@@H](C2)N3CCCNCc2ccccc2)c1. The molecule has 4 rings (SSSR count). The Morgan fingerprint density at radius 3 is 2.50 bits per heavy atom. The highest BCUT2D eigenvalue weighted by atomic mass is 16.1. The van der Waals surface area contributed by atoms with E-state index in [2.05, 4.69) is 46.6 Å². The summed E-state index contributed by atoms with van der Waals surface area (Å²) >= 11 is 0. The molecule has 3 N–H and O–H groups in total. The lowest BCUT2D eigenvalue weighted by Gasteiger charge is -2.39. The smallest absolute Gasteiger partial charge is 0.248 e. The fraction of sp³-hybridized carbons (Fsp3) is 0.458. The molecule has 1 unspecified atom stereocenters. The lowest BCUT2D eigenvalue weighted by molar-refractivity contribution is 0.1000. The summed E-state index contributed by atoms with van der Waals surface area (Å²) in [5.74, 6) is 0.231. The van der Waals surface area contributed by atoms with Crippen LogP contribution in [0, 0.1) is 0 Å². The lowest BCUT2D eigenvalue weighted by Crippen LogP contribution is -2.43. The van der Waals surface area contributed by atoms with E-state index < -0.39 is 0 Å². The molecular formula is C24H31N3O. The predicted octanol–water partition coefficient (Wildman–Crippen LogP) is 3.68. The minimum atomic E-state index is -0.328. The summed E-state index contributed by atoms with van der Waals surface area (Å²) in [6.07, 6.45) is 6.23. The van der Waals surface area contributed by atoms with Crippen molar-refractivity contribution in [3.8, 4) is 0 Å². The van der Waals surface area contributed by atoms with E-state index in [1.807, 2.05) is 18.2 Å². The van der Waals surface area contributed by atoms with Gasteiger partial charge in [0.05, 0.1) is 0 Å². The van der Waals surface area contributed by atoms with Crippen molar-refractivity contribution >= 4 is 5.91 Å². The van der Waals surface area contributed by atoms with Crippen molar-refractivity contribution in [2.75, 3.05) is 13.1 Å². The molecule has 2 fully saturated rings. The molecular weight excluding hydrogens is 346 g/mol. The summed E-state index contributed by atoms with van der Waals surface area (Å²) in [7, 11) is 0. The molecule has 28 heavy (non-hydrogen) atoms. The Hall–Kier alpha value is -2.17. The number of hydrogen-bond acceptors (Lipinski definition) is 3. The molecule has 4 nitrogen and oxygen atoms in total. The lowest BCUT2D eigenvalue weighted by atomic mass is 9.84. The summed E-state index contributed by atoms with van der Waals surface area (Å²) in [6, 6.07) is 19.9. The van der Waals surface area contributed by atoms with Crippen LogP contribution in [0.5, 0.6) is 0 Å². The van der Waals surface area contributed by atoms with Gasteiger partial charge in [0.2, 0.25) is 5.91 Å². The maximum Gasteiger partial charge on any atom is 0.248 e. The maximum atomic E-state index is 11.5. The van der Waals surface area contributed by atoms with E-state index in [0.29, 0.717) is 23.6 Å². The standard InChI is InChI=1S/C24H31N3O/c25-24(28)20-9-4-8-19(14-20)21-15-22-10-11-23(16-21)27(22)13-5-12-26-17-18-6-2-1-3-7-18/h1-4,6-9,14,21-23,26H,5,10-13,15-17H2,(H2,25,28)/t21?,22-,23+. The number of benzene rings is 2. The third kappa shape index (κ3) is 4.45.